The summed E-state index contributed by atoms with van der Waals surface area (Å²) in [5.41, 5.74) is 1.73. The second-order valence-electron chi connectivity index (χ2n) is 8.78. The van der Waals surface area contributed by atoms with Crippen molar-refractivity contribution in [3.05, 3.63) is 90.1 Å². The molecule has 0 aliphatic carbocycles. The predicted molar refractivity (Wildman–Crippen MR) is 135 cm³/mol. The standard InChI is InChI=1S/C28H27N3O4/c1-28(27(33)29-17-20-10-5-7-14-25(20)35-3)18-30-23-13-6-4-9-19(23)15-24(30)26(32)31(28)21-11-8-12-22(16-21)34-2/h4-16H,17-18H2,1-3H3,(H,29,33)/t28-/m0/s1. The van der Waals surface area contributed by atoms with E-state index in [9.17, 15) is 9.59 Å². The van der Waals surface area contributed by atoms with Gasteiger partial charge in [-0.2, -0.15) is 0 Å². The van der Waals surface area contributed by atoms with Crippen LogP contribution in [-0.4, -0.2) is 36.1 Å². The van der Waals surface area contributed by atoms with E-state index in [-0.39, 0.29) is 18.4 Å². The van der Waals surface area contributed by atoms with Crippen molar-refractivity contribution in [2.75, 3.05) is 19.1 Å². The van der Waals surface area contributed by atoms with Crippen LogP contribution in [0, 0.1) is 0 Å². The molecule has 2 amide bonds. The van der Waals surface area contributed by atoms with Crippen molar-refractivity contribution in [3.8, 4) is 11.5 Å². The van der Waals surface area contributed by atoms with E-state index < -0.39 is 5.54 Å². The number of carbonyl (C=O) groups excluding carboxylic acids is 2. The Hall–Kier alpha value is -4.26. The van der Waals surface area contributed by atoms with Gasteiger partial charge in [-0.1, -0.05) is 42.5 Å². The van der Waals surface area contributed by atoms with Crippen LogP contribution in [0.25, 0.3) is 10.9 Å². The monoisotopic (exact) mass is 469 g/mol. The number of amides is 2. The molecular formula is C28H27N3O4. The summed E-state index contributed by atoms with van der Waals surface area (Å²) in [5.74, 6) is 0.804. The lowest BCUT2D eigenvalue weighted by molar-refractivity contribution is -0.126. The van der Waals surface area contributed by atoms with Crippen molar-refractivity contribution in [2.24, 2.45) is 0 Å². The quantitative estimate of drug-likeness (QED) is 0.455. The largest absolute Gasteiger partial charge is 0.497 e. The van der Waals surface area contributed by atoms with Gasteiger partial charge in [0.15, 0.2) is 0 Å². The third-order valence-corrected chi connectivity index (χ3v) is 6.62. The lowest BCUT2D eigenvalue weighted by Crippen LogP contribution is -2.64. The van der Waals surface area contributed by atoms with Gasteiger partial charge in [-0.25, -0.2) is 0 Å². The van der Waals surface area contributed by atoms with Crippen molar-refractivity contribution >= 4 is 28.4 Å². The molecule has 5 rings (SSSR count). The zero-order valence-electron chi connectivity index (χ0n) is 19.9. The smallest absolute Gasteiger partial charge is 0.275 e. The van der Waals surface area contributed by atoms with Gasteiger partial charge in [0.1, 0.15) is 22.7 Å². The molecule has 1 aliphatic rings. The highest BCUT2D eigenvalue weighted by molar-refractivity contribution is 6.14. The zero-order valence-corrected chi connectivity index (χ0v) is 19.9. The molecule has 0 fully saturated rings. The highest BCUT2D eigenvalue weighted by atomic mass is 16.5. The Morgan fingerprint density at radius 1 is 0.971 bits per heavy atom. The Labute approximate surface area is 203 Å². The van der Waals surface area contributed by atoms with Gasteiger partial charge in [-0.3, -0.25) is 14.5 Å². The van der Waals surface area contributed by atoms with E-state index in [1.807, 2.05) is 77.4 Å². The summed E-state index contributed by atoms with van der Waals surface area (Å²) in [4.78, 5) is 29.4. The number of nitrogens with zero attached hydrogens (tertiary/aromatic N) is 2. The fraction of sp³-hybridized carbons (Fsp3) is 0.214. The molecule has 7 heteroatoms. The molecule has 1 aliphatic heterocycles. The fourth-order valence-electron chi connectivity index (χ4n) is 4.82. The first kappa shape index (κ1) is 22.5. The zero-order chi connectivity index (χ0) is 24.6. The van der Waals surface area contributed by atoms with Gasteiger partial charge in [0.25, 0.3) is 5.91 Å². The lowest BCUT2D eigenvalue weighted by Gasteiger charge is -2.44. The third-order valence-electron chi connectivity index (χ3n) is 6.62. The van der Waals surface area contributed by atoms with E-state index in [0.29, 0.717) is 29.4 Å². The van der Waals surface area contributed by atoms with Crippen molar-refractivity contribution in [2.45, 2.75) is 25.6 Å². The first-order valence-corrected chi connectivity index (χ1v) is 11.4. The minimum absolute atomic E-state index is 0.240. The average molecular weight is 470 g/mol. The number of rotatable bonds is 6. The number of fused-ring (bicyclic) bond motifs is 3. The molecule has 35 heavy (non-hydrogen) atoms. The summed E-state index contributed by atoms with van der Waals surface area (Å²) in [6.07, 6.45) is 0. The maximum atomic E-state index is 13.9. The summed E-state index contributed by atoms with van der Waals surface area (Å²) in [5, 5.41) is 4.00. The minimum Gasteiger partial charge on any atom is -0.497 e. The van der Waals surface area contributed by atoms with Crippen LogP contribution in [0.1, 0.15) is 23.0 Å². The van der Waals surface area contributed by atoms with Crippen LogP contribution in [0.4, 0.5) is 5.69 Å². The van der Waals surface area contributed by atoms with Crippen LogP contribution in [0.2, 0.25) is 0 Å². The highest BCUT2D eigenvalue weighted by Gasteiger charge is 2.48. The molecule has 178 valence electrons. The molecule has 1 aromatic heterocycles. The molecule has 3 aromatic carbocycles. The molecule has 4 aromatic rings. The van der Waals surface area contributed by atoms with Gasteiger partial charge in [-0.05, 0) is 37.3 Å². The molecule has 1 atom stereocenters. The van der Waals surface area contributed by atoms with Gasteiger partial charge < -0.3 is 19.4 Å². The number of hydrogen-bond acceptors (Lipinski definition) is 4. The van der Waals surface area contributed by atoms with Crippen LogP contribution in [0.15, 0.2) is 78.9 Å². The highest BCUT2D eigenvalue weighted by Crippen LogP contribution is 2.37. The van der Waals surface area contributed by atoms with E-state index in [1.54, 1.807) is 32.1 Å². The van der Waals surface area contributed by atoms with Gasteiger partial charge >= 0.3 is 0 Å². The number of nitrogens with one attached hydrogen (secondary N) is 1. The van der Waals surface area contributed by atoms with Crippen LogP contribution < -0.4 is 19.7 Å². The number of anilines is 1. The topological polar surface area (TPSA) is 72.8 Å². The second kappa shape index (κ2) is 8.83. The number of carbonyl (C=O) groups is 2. The third kappa shape index (κ3) is 3.79. The van der Waals surface area contributed by atoms with E-state index in [1.165, 1.54) is 0 Å². The van der Waals surface area contributed by atoms with E-state index in [2.05, 4.69) is 5.32 Å². The van der Waals surface area contributed by atoms with Crippen LogP contribution in [0.3, 0.4) is 0 Å². The molecule has 0 spiro atoms. The van der Waals surface area contributed by atoms with Crippen molar-refractivity contribution in [1.29, 1.82) is 0 Å². The molecule has 0 saturated carbocycles. The molecular weight excluding hydrogens is 442 g/mol. The lowest BCUT2D eigenvalue weighted by atomic mass is 9.93. The molecule has 7 nitrogen and oxygen atoms in total. The normalized spacial score (nSPS) is 17.2. The molecule has 0 unspecified atom stereocenters. The fourth-order valence-corrected chi connectivity index (χ4v) is 4.82. The van der Waals surface area contributed by atoms with Gasteiger partial charge in [-0.15, -0.1) is 0 Å². The summed E-state index contributed by atoms with van der Waals surface area (Å²) in [7, 11) is 3.18. The average Bonchev–Trinajstić information content (AvgIpc) is 3.26. The Morgan fingerprint density at radius 2 is 1.74 bits per heavy atom. The molecule has 0 bridgehead atoms. The second-order valence-corrected chi connectivity index (χ2v) is 8.78. The van der Waals surface area contributed by atoms with E-state index in [0.717, 1.165) is 16.5 Å². The van der Waals surface area contributed by atoms with E-state index in [4.69, 9.17) is 9.47 Å². The summed E-state index contributed by atoms with van der Waals surface area (Å²) < 4.78 is 12.8. The molecule has 0 radical (unpaired) electrons. The molecule has 0 saturated heterocycles. The number of ether oxygens (including phenoxy) is 2. The maximum Gasteiger partial charge on any atom is 0.275 e. The van der Waals surface area contributed by atoms with Crippen LogP contribution >= 0.6 is 0 Å². The maximum absolute atomic E-state index is 13.9. The van der Waals surface area contributed by atoms with Crippen molar-refractivity contribution in [1.82, 2.24) is 9.88 Å². The Kier molecular flexibility index (Phi) is 5.68. The van der Waals surface area contributed by atoms with Crippen molar-refractivity contribution in [3.63, 3.8) is 0 Å². The van der Waals surface area contributed by atoms with E-state index >= 15 is 0 Å². The summed E-state index contributed by atoms with van der Waals surface area (Å²) in [6.45, 7) is 2.38. The molecule has 2 heterocycles. The van der Waals surface area contributed by atoms with Crippen LogP contribution in [-0.2, 0) is 17.9 Å². The Balaban J connectivity index is 1.58. The predicted octanol–water partition coefficient (Wildman–Crippen LogP) is 4.39. The van der Waals surface area contributed by atoms with Gasteiger partial charge in [0, 0.05) is 34.8 Å². The van der Waals surface area contributed by atoms with Gasteiger partial charge in [0.05, 0.1) is 20.8 Å². The SMILES string of the molecule is COc1cccc(N2C(=O)c3cc4ccccc4n3C[C@@]2(C)C(=O)NCc2ccccc2OC)c1. The number of methoxy groups -OCH3 is 2. The number of hydrogen-bond donors (Lipinski definition) is 1. The Morgan fingerprint density at radius 3 is 2.54 bits per heavy atom. The Bertz CT molecular complexity index is 1430. The van der Waals surface area contributed by atoms with Crippen molar-refractivity contribution < 1.29 is 19.1 Å². The van der Waals surface area contributed by atoms with Crippen LogP contribution in [0.5, 0.6) is 11.5 Å². The number of para-hydroxylation sites is 2. The first-order valence-electron chi connectivity index (χ1n) is 11.4. The van der Waals surface area contributed by atoms with Gasteiger partial charge in [0.2, 0.25) is 5.91 Å². The summed E-state index contributed by atoms with van der Waals surface area (Å²) in [6, 6.07) is 24.5. The summed E-state index contributed by atoms with van der Waals surface area (Å²) >= 11 is 0. The minimum atomic E-state index is -1.19. The molecule has 1 N–H and O–H groups in total. The number of benzene rings is 3. The first-order chi connectivity index (χ1) is 17.0. The number of aromatic nitrogens is 1.